The van der Waals surface area contributed by atoms with Gasteiger partial charge in [0.25, 0.3) is 11.8 Å². The van der Waals surface area contributed by atoms with Crippen molar-refractivity contribution in [2.45, 2.75) is 13.8 Å². The van der Waals surface area contributed by atoms with E-state index < -0.39 is 17.6 Å². The summed E-state index contributed by atoms with van der Waals surface area (Å²) in [5.41, 5.74) is 6.21. The molecule has 0 aromatic heterocycles. The number of carbonyl (C=O) groups is 4. The van der Waals surface area contributed by atoms with E-state index in [-0.39, 0.29) is 15.8 Å². The molecule has 9 heteroatoms. The number of benzene rings is 1. The zero-order valence-electron chi connectivity index (χ0n) is 13.9. The van der Waals surface area contributed by atoms with Gasteiger partial charge in [-0.05, 0) is 30.7 Å². The molecule has 1 aliphatic heterocycles. The molecule has 1 saturated heterocycles. The van der Waals surface area contributed by atoms with Crippen LogP contribution in [0.2, 0.25) is 0 Å². The second kappa shape index (κ2) is 8.07. The number of nitrogens with zero attached hydrogens (tertiary/aromatic N) is 1. The van der Waals surface area contributed by atoms with Crippen molar-refractivity contribution in [3.05, 3.63) is 46.5 Å². The van der Waals surface area contributed by atoms with Gasteiger partial charge in [0.15, 0.2) is 10.1 Å². The minimum atomic E-state index is -0.927. The molecule has 0 unspecified atom stereocenters. The summed E-state index contributed by atoms with van der Waals surface area (Å²) in [5.74, 6) is -2.11. The molecule has 134 valence electrons. The van der Waals surface area contributed by atoms with Crippen molar-refractivity contribution in [3.8, 4) is 0 Å². The number of rotatable bonds is 5. The van der Waals surface area contributed by atoms with E-state index in [4.69, 9.17) is 18.0 Å². The van der Waals surface area contributed by atoms with Crippen molar-refractivity contribution < 1.29 is 19.2 Å². The number of carbonyl (C=O) groups excluding carboxylic acids is 4. The lowest BCUT2D eigenvalue weighted by Crippen LogP contribution is -2.27. The quantitative estimate of drug-likeness (QED) is 0.344. The lowest BCUT2D eigenvalue weighted by atomic mass is 10.2. The highest BCUT2D eigenvalue weighted by Crippen LogP contribution is 2.33. The third-order valence-corrected chi connectivity index (χ3v) is 4.59. The molecule has 3 amide bonds. The Bertz CT molecular complexity index is 856. The van der Waals surface area contributed by atoms with E-state index in [0.29, 0.717) is 10.6 Å². The largest absolute Gasteiger partial charge is 0.365 e. The summed E-state index contributed by atoms with van der Waals surface area (Å²) in [6, 6.07) is 6.87. The molecule has 0 radical (unpaired) electrons. The molecule has 0 bridgehead atoms. The first kappa shape index (κ1) is 19.5. The van der Waals surface area contributed by atoms with Gasteiger partial charge in [0.2, 0.25) is 5.91 Å². The van der Waals surface area contributed by atoms with E-state index in [1.807, 2.05) is 0 Å². The highest BCUT2D eigenvalue weighted by molar-refractivity contribution is 8.26. The van der Waals surface area contributed by atoms with Crippen LogP contribution in [-0.2, 0) is 19.2 Å². The molecular formula is C17H15N3O4S2. The van der Waals surface area contributed by atoms with Gasteiger partial charge in [-0.3, -0.25) is 24.1 Å². The summed E-state index contributed by atoms with van der Waals surface area (Å²) in [5, 5.41) is 2.65. The predicted molar refractivity (Wildman–Crippen MR) is 104 cm³/mol. The third kappa shape index (κ3) is 4.64. The number of nitrogens with one attached hydrogen (secondary N) is 1. The van der Waals surface area contributed by atoms with Crippen LogP contribution in [-0.4, -0.2) is 32.7 Å². The van der Waals surface area contributed by atoms with Gasteiger partial charge in [-0.1, -0.05) is 36.1 Å². The van der Waals surface area contributed by atoms with Crippen LogP contribution in [0.15, 0.2) is 40.9 Å². The van der Waals surface area contributed by atoms with E-state index in [1.165, 1.54) is 13.8 Å². The van der Waals surface area contributed by atoms with E-state index in [2.05, 4.69) is 5.32 Å². The summed E-state index contributed by atoms with van der Waals surface area (Å²) < 4.78 is 0.191. The van der Waals surface area contributed by atoms with Crippen LogP contribution < -0.4 is 11.1 Å². The number of nitrogens with two attached hydrogens (primary N) is 1. The maximum absolute atomic E-state index is 12.5. The third-order valence-electron chi connectivity index (χ3n) is 3.26. The van der Waals surface area contributed by atoms with Gasteiger partial charge in [0.1, 0.15) is 0 Å². The van der Waals surface area contributed by atoms with Crippen molar-refractivity contribution in [1.29, 1.82) is 0 Å². The van der Waals surface area contributed by atoms with Crippen molar-refractivity contribution in [1.82, 2.24) is 4.90 Å². The topological polar surface area (TPSA) is 110 Å². The fourth-order valence-electron chi connectivity index (χ4n) is 2.07. The minimum Gasteiger partial charge on any atom is -0.365 e. The van der Waals surface area contributed by atoms with E-state index in [9.17, 15) is 19.2 Å². The van der Waals surface area contributed by atoms with Crippen LogP contribution in [0.25, 0.3) is 6.08 Å². The van der Waals surface area contributed by atoms with Gasteiger partial charge in [0, 0.05) is 18.8 Å². The normalized spacial score (nSPS) is 16.2. The molecule has 0 spiro atoms. The molecule has 7 nitrogen and oxygen atoms in total. The molecule has 1 heterocycles. The number of primary amides is 1. The molecule has 26 heavy (non-hydrogen) atoms. The Labute approximate surface area is 159 Å². The first-order valence-electron chi connectivity index (χ1n) is 7.36. The van der Waals surface area contributed by atoms with Gasteiger partial charge < -0.3 is 11.1 Å². The lowest BCUT2D eigenvalue weighted by Gasteiger charge is -2.09. The lowest BCUT2D eigenvalue weighted by molar-refractivity contribution is -0.120. The number of hydrogen-bond donors (Lipinski definition) is 2. The van der Waals surface area contributed by atoms with Crippen molar-refractivity contribution in [2.75, 3.05) is 5.32 Å². The number of thiocarbonyl (C=S) groups is 1. The van der Waals surface area contributed by atoms with E-state index in [0.717, 1.165) is 28.4 Å². The first-order valence-corrected chi connectivity index (χ1v) is 8.59. The Morgan fingerprint density at radius 1 is 1.19 bits per heavy atom. The van der Waals surface area contributed by atoms with E-state index in [1.54, 1.807) is 30.3 Å². The predicted octanol–water partition coefficient (Wildman–Crippen LogP) is 1.80. The summed E-state index contributed by atoms with van der Waals surface area (Å²) in [4.78, 5) is 47.7. The average molecular weight is 389 g/mol. The molecule has 0 saturated carbocycles. The summed E-state index contributed by atoms with van der Waals surface area (Å²) in [7, 11) is 0. The number of hydrogen-bond acceptors (Lipinski definition) is 6. The van der Waals surface area contributed by atoms with Crippen LogP contribution in [0.5, 0.6) is 0 Å². The molecule has 1 aromatic rings. The first-order chi connectivity index (χ1) is 12.2. The van der Waals surface area contributed by atoms with Gasteiger partial charge in [-0.25, -0.2) is 0 Å². The molecule has 1 aliphatic rings. The zero-order chi connectivity index (χ0) is 19.4. The fraction of sp³-hybridized carbons (Fsp3) is 0.118. The molecule has 1 fully saturated rings. The fourth-order valence-corrected chi connectivity index (χ4v) is 3.27. The molecule has 3 N–H and O–H groups in total. The highest BCUT2D eigenvalue weighted by atomic mass is 32.2. The maximum Gasteiger partial charge on any atom is 0.270 e. The molecule has 2 rings (SSSR count). The zero-order valence-corrected chi connectivity index (χ0v) is 15.6. The smallest absolute Gasteiger partial charge is 0.270 e. The van der Waals surface area contributed by atoms with Crippen molar-refractivity contribution >= 4 is 63.6 Å². The standard InChI is InChI=1S/C17H15N3O4S2/c1-9(21)13(15(18)23)8-20-16(24)14(26-17(20)25)7-11-3-5-12(6-4-11)19-10(2)22/h3-8H,1-2H3,(H2,18,23)(H,19,22)/b13-8+,14-7+. The van der Waals surface area contributed by atoms with Gasteiger partial charge >= 0.3 is 0 Å². The monoisotopic (exact) mass is 389 g/mol. The van der Waals surface area contributed by atoms with Gasteiger partial charge in [0.05, 0.1) is 10.5 Å². The van der Waals surface area contributed by atoms with Crippen LogP contribution in [0, 0.1) is 0 Å². The Morgan fingerprint density at radius 2 is 1.81 bits per heavy atom. The van der Waals surface area contributed by atoms with Crippen LogP contribution >= 0.6 is 24.0 Å². The average Bonchev–Trinajstić information content (AvgIpc) is 2.80. The molecule has 0 aliphatic carbocycles. The van der Waals surface area contributed by atoms with E-state index >= 15 is 0 Å². The summed E-state index contributed by atoms with van der Waals surface area (Å²) >= 11 is 6.19. The Balaban J connectivity index is 2.26. The number of anilines is 1. The molecule has 0 atom stereocenters. The van der Waals surface area contributed by atoms with Gasteiger partial charge in [-0.2, -0.15) is 0 Å². The minimum absolute atomic E-state index is 0.180. The number of Topliss-reactive ketones (excluding diaryl/α,β-unsaturated/α-hetero) is 1. The Hall–Kier alpha value is -2.78. The summed E-state index contributed by atoms with van der Waals surface area (Å²) in [6.07, 6.45) is 2.70. The maximum atomic E-state index is 12.5. The number of amides is 3. The number of ketones is 1. The van der Waals surface area contributed by atoms with Crippen molar-refractivity contribution in [2.24, 2.45) is 5.73 Å². The second-order valence-electron chi connectivity index (χ2n) is 5.32. The number of thioether (sulfide) groups is 1. The molecular weight excluding hydrogens is 374 g/mol. The van der Waals surface area contributed by atoms with Gasteiger partial charge in [-0.15, -0.1) is 0 Å². The van der Waals surface area contributed by atoms with Crippen LogP contribution in [0.1, 0.15) is 19.4 Å². The SMILES string of the molecule is CC(=O)Nc1ccc(/C=C2/SC(=S)N(/C=C(\C(C)=O)C(N)=O)C2=O)cc1. The van der Waals surface area contributed by atoms with Crippen molar-refractivity contribution in [3.63, 3.8) is 0 Å². The summed E-state index contributed by atoms with van der Waals surface area (Å²) in [6.45, 7) is 2.59. The van der Waals surface area contributed by atoms with Crippen LogP contribution in [0.3, 0.4) is 0 Å². The Morgan fingerprint density at radius 3 is 2.31 bits per heavy atom. The Kier molecular flexibility index (Phi) is 6.06. The molecule has 1 aromatic carbocycles. The second-order valence-corrected chi connectivity index (χ2v) is 6.99. The highest BCUT2D eigenvalue weighted by Gasteiger charge is 2.32. The van der Waals surface area contributed by atoms with Crippen LogP contribution in [0.4, 0.5) is 5.69 Å².